The molecule has 0 unspecified atom stereocenters. The summed E-state index contributed by atoms with van der Waals surface area (Å²) in [5, 5.41) is 0. The second-order valence-corrected chi connectivity index (χ2v) is 5.73. The van der Waals surface area contributed by atoms with E-state index in [1.165, 1.54) is 11.4 Å². The Balaban J connectivity index is 0.00000242. The fraction of sp³-hybridized carbons (Fsp3) is 0.412. The van der Waals surface area contributed by atoms with Gasteiger partial charge in [0.05, 0.1) is 6.42 Å². The summed E-state index contributed by atoms with van der Waals surface area (Å²) in [4.78, 5) is 4.24. The Kier molecular flexibility index (Phi) is 10.1. The van der Waals surface area contributed by atoms with Crippen LogP contribution in [0, 0.1) is 0 Å². The number of rotatable bonds is 6. The lowest BCUT2D eigenvalue weighted by Gasteiger charge is -2.10. The molecule has 0 N–H and O–H groups in total. The number of aromatic nitrogens is 2. The van der Waals surface area contributed by atoms with Crippen LogP contribution in [0.5, 0.6) is 0 Å². The largest absolute Gasteiger partial charge is 1.00 e. The van der Waals surface area contributed by atoms with Gasteiger partial charge in [0, 0.05) is 63.8 Å². The number of halogens is 2. The highest BCUT2D eigenvalue weighted by molar-refractivity contribution is 5.41. The van der Waals surface area contributed by atoms with Crippen molar-refractivity contribution in [3.63, 3.8) is 0 Å². The van der Waals surface area contributed by atoms with Crippen molar-refractivity contribution in [1.29, 1.82) is 0 Å². The van der Waals surface area contributed by atoms with E-state index in [9.17, 15) is 0 Å². The quantitative estimate of drug-likeness (QED) is 0.416. The van der Waals surface area contributed by atoms with Crippen molar-refractivity contribution in [1.82, 2.24) is 0 Å². The smallest absolute Gasteiger partial charge is 0.170 e. The minimum absolute atomic E-state index is 0. The van der Waals surface area contributed by atoms with Crippen LogP contribution in [0.3, 0.4) is 0 Å². The highest BCUT2D eigenvalue weighted by Gasteiger charge is 2.06. The molecule has 23 heavy (non-hydrogen) atoms. The number of hydrogen-bond donors (Lipinski definition) is 0. The molecule has 128 valence electrons. The zero-order chi connectivity index (χ0) is 15.2. The lowest BCUT2D eigenvalue weighted by Crippen LogP contribution is -3.00. The highest BCUT2D eigenvalue weighted by Crippen LogP contribution is 2.06. The lowest BCUT2D eigenvalue weighted by atomic mass is 10.3. The third-order valence-corrected chi connectivity index (χ3v) is 3.61. The van der Waals surface area contributed by atoms with E-state index in [4.69, 9.17) is 0 Å². The predicted octanol–water partition coefficient (Wildman–Crippen LogP) is -4.51. The molecule has 0 atom stereocenters. The Morgan fingerprint density at radius 3 is 1.22 bits per heavy atom. The molecular formula is C17H26Br2N4. The molecule has 0 aromatic carbocycles. The molecular weight excluding hydrogens is 420 g/mol. The number of hydrogen-bond acceptors (Lipinski definition) is 2. The maximum absolute atomic E-state index is 2.24. The molecule has 4 nitrogen and oxygen atoms in total. The molecule has 2 aromatic heterocycles. The molecule has 0 aliphatic carbocycles. The SMILES string of the molecule is CN(C)c1cc[n+](CCC[n+]2ccc(N(C)C)cc2)cc1.[Br-].[Br-]. The third-order valence-electron chi connectivity index (χ3n) is 3.61. The molecule has 0 aliphatic heterocycles. The lowest BCUT2D eigenvalue weighted by molar-refractivity contribution is -0.726. The summed E-state index contributed by atoms with van der Waals surface area (Å²) < 4.78 is 4.48. The van der Waals surface area contributed by atoms with Gasteiger partial charge in [-0.2, -0.15) is 0 Å². The molecule has 0 saturated heterocycles. The topological polar surface area (TPSA) is 14.2 Å². The van der Waals surface area contributed by atoms with Gasteiger partial charge in [0.25, 0.3) is 0 Å². The van der Waals surface area contributed by atoms with Crippen molar-refractivity contribution < 1.29 is 43.1 Å². The van der Waals surface area contributed by atoms with Gasteiger partial charge >= 0.3 is 0 Å². The number of pyridine rings is 2. The van der Waals surface area contributed by atoms with E-state index < -0.39 is 0 Å². The zero-order valence-corrected chi connectivity index (χ0v) is 17.5. The van der Waals surface area contributed by atoms with Crippen LogP contribution >= 0.6 is 0 Å². The van der Waals surface area contributed by atoms with Gasteiger partial charge in [0.2, 0.25) is 0 Å². The molecule has 0 spiro atoms. The van der Waals surface area contributed by atoms with Crippen molar-refractivity contribution in [3.8, 4) is 0 Å². The van der Waals surface area contributed by atoms with Crippen molar-refractivity contribution in [2.24, 2.45) is 0 Å². The fourth-order valence-electron chi connectivity index (χ4n) is 2.23. The summed E-state index contributed by atoms with van der Waals surface area (Å²) in [5.41, 5.74) is 2.47. The van der Waals surface area contributed by atoms with E-state index in [-0.39, 0.29) is 34.0 Å². The molecule has 0 bridgehead atoms. The number of anilines is 2. The highest BCUT2D eigenvalue weighted by atomic mass is 79.9. The Labute approximate surface area is 160 Å². The molecule has 2 heterocycles. The van der Waals surface area contributed by atoms with Crippen LogP contribution in [-0.4, -0.2) is 28.2 Å². The van der Waals surface area contributed by atoms with E-state index >= 15 is 0 Å². The summed E-state index contributed by atoms with van der Waals surface area (Å²) in [5.74, 6) is 0. The van der Waals surface area contributed by atoms with Gasteiger partial charge in [-0.05, 0) is 0 Å². The normalized spacial score (nSPS) is 9.57. The molecule has 2 aromatic rings. The molecule has 6 heteroatoms. The molecule has 0 fully saturated rings. The number of aryl methyl sites for hydroxylation is 2. The Hall–Kier alpha value is -1.14. The van der Waals surface area contributed by atoms with Gasteiger partial charge < -0.3 is 43.8 Å². The summed E-state index contributed by atoms with van der Waals surface area (Å²) in [7, 11) is 8.25. The van der Waals surface area contributed by atoms with Crippen LogP contribution in [-0.2, 0) is 13.1 Å². The summed E-state index contributed by atoms with van der Waals surface area (Å²) in [6.45, 7) is 2.08. The zero-order valence-electron chi connectivity index (χ0n) is 14.3. The molecule has 2 rings (SSSR count). The van der Waals surface area contributed by atoms with E-state index in [0.29, 0.717) is 0 Å². The van der Waals surface area contributed by atoms with Gasteiger partial charge in [-0.25, -0.2) is 9.13 Å². The van der Waals surface area contributed by atoms with E-state index in [1.807, 2.05) is 0 Å². The van der Waals surface area contributed by atoms with Crippen molar-refractivity contribution in [2.75, 3.05) is 38.0 Å². The Bertz CT molecular complexity index is 502. The van der Waals surface area contributed by atoms with E-state index in [0.717, 1.165) is 19.5 Å². The summed E-state index contributed by atoms with van der Waals surface area (Å²) in [6.07, 6.45) is 9.71. The van der Waals surface area contributed by atoms with Crippen LogP contribution in [0.1, 0.15) is 6.42 Å². The van der Waals surface area contributed by atoms with E-state index in [1.54, 1.807) is 0 Å². The first-order valence-corrected chi connectivity index (χ1v) is 7.39. The van der Waals surface area contributed by atoms with Crippen molar-refractivity contribution >= 4 is 11.4 Å². The maximum Gasteiger partial charge on any atom is 0.170 e. The molecule has 0 saturated carbocycles. The monoisotopic (exact) mass is 444 g/mol. The van der Waals surface area contributed by atoms with Crippen molar-refractivity contribution in [2.45, 2.75) is 19.5 Å². The number of nitrogens with zero attached hydrogens (tertiary/aromatic N) is 4. The van der Waals surface area contributed by atoms with Gasteiger partial charge in [-0.1, -0.05) is 0 Å². The molecule has 0 aliphatic rings. The van der Waals surface area contributed by atoms with Crippen LogP contribution in [0.2, 0.25) is 0 Å². The minimum atomic E-state index is 0. The maximum atomic E-state index is 2.24. The summed E-state index contributed by atoms with van der Waals surface area (Å²) in [6, 6.07) is 8.61. The second-order valence-electron chi connectivity index (χ2n) is 5.73. The minimum Gasteiger partial charge on any atom is -1.00 e. The average molecular weight is 446 g/mol. The van der Waals surface area contributed by atoms with Gasteiger partial charge in [0.15, 0.2) is 37.9 Å². The first-order valence-electron chi connectivity index (χ1n) is 7.39. The van der Waals surface area contributed by atoms with Gasteiger partial charge in [-0.15, -0.1) is 0 Å². The average Bonchev–Trinajstić information content (AvgIpc) is 2.48. The van der Waals surface area contributed by atoms with Crippen LogP contribution in [0.15, 0.2) is 49.1 Å². The first kappa shape index (κ1) is 21.9. The fourth-order valence-corrected chi connectivity index (χ4v) is 2.23. The van der Waals surface area contributed by atoms with Crippen LogP contribution < -0.4 is 52.9 Å². The van der Waals surface area contributed by atoms with Crippen LogP contribution in [0.25, 0.3) is 0 Å². The molecule has 0 radical (unpaired) electrons. The van der Waals surface area contributed by atoms with Crippen molar-refractivity contribution in [3.05, 3.63) is 49.1 Å². The third kappa shape index (κ3) is 6.87. The Morgan fingerprint density at radius 1 is 0.652 bits per heavy atom. The Morgan fingerprint density at radius 2 is 0.957 bits per heavy atom. The van der Waals surface area contributed by atoms with Gasteiger partial charge in [0.1, 0.15) is 0 Å². The predicted molar refractivity (Wildman–Crippen MR) is 86.5 cm³/mol. The first-order chi connectivity index (χ1) is 10.1. The second kappa shape index (κ2) is 10.6. The van der Waals surface area contributed by atoms with Gasteiger partial charge in [-0.3, -0.25) is 0 Å². The summed E-state index contributed by atoms with van der Waals surface area (Å²) >= 11 is 0. The standard InChI is InChI=1S/C17H26N4.2BrH/c1-18(2)16-6-12-20(13-7-16)10-5-11-21-14-8-17(9-15-21)19(3)4;;/h6-9,12-15H,5,10-11H2,1-4H3;2*1H/q+2;;/p-2. The van der Waals surface area contributed by atoms with E-state index in [2.05, 4.69) is 96.2 Å². The van der Waals surface area contributed by atoms with Crippen LogP contribution in [0.4, 0.5) is 11.4 Å². The molecule has 0 amide bonds.